The van der Waals surface area contributed by atoms with Gasteiger partial charge >= 0.3 is 0 Å². The van der Waals surface area contributed by atoms with E-state index in [4.69, 9.17) is 23.2 Å². The number of carbonyl (C=O) groups is 2. The van der Waals surface area contributed by atoms with Crippen LogP contribution in [0.2, 0.25) is 10.0 Å². The van der Waals surface area contributed by atoms with E-state index in [-0.39, 0.29) is 29.3 Å². The lowest BCUT2D eigenvalue weighted by atomic mass is 9.86. The van der Waals surface area contributed by atoms with E-state index in [1.54, 1.807) is 23.1 Å². The maximum absolute atomic E-state index is 12.9. The number of β-lactam (4-membered cyclic amide) rings is 1. The molecule has 2 fully saturated rings. The predicted octanol–water partition coefficient (Wildman–Crippen LogP) is 3.96. The van der Waals surface area contributed by atoms with Gasteiger partial charge in [0.15, 0.2) is 0 Å². The number of nitrogens with one attached hydrogen (secondary N) is 1. The van der Waals surface area contributed by atoms with Crippen molar-refractivity contribution in [2.45, 2.75) is 57.7 Å². The highest BCUT2D eigenvalue weighted by Gasteiger charge is 2.54. The smallest absolute Gasteiger partial charge is 0.247 e. The zero-order chi connectivity index (χ0) is 17.6. The molecule has 0 aromatic heterocycles. The van der Waals surface area contributed by atoms with Gasteiger partial charge in [0.1, 0.15) is 6.04 Å². The molecule has 1 aromatic carbocycles. The number of benzene rings is 1. The molecule has 4 nitrogen and oxygen atoms in total. The fourth-order valence-electron chi connectivity index (χ4n) is 3.71. The molecule has 6 heteroatoms. The fraction of sp³-hybridized carbons (Fsp3) is 0.556. The van der Waals surface area contributed by atoms with Crippen LogP contribution in [-0.2, 0) is 9.59 Å². The molecular weight excluding hydrogens is 347 g/mol. The molecule has 2 amide bonds. The summed E-state index contributed by atoms with van der Waals surface area (Å²) in [5, 5.41) is 3.81. The van der Waals surface area contributed by atoms with Crippen LogP contribution < -0.4 is 5.32 Å². The number of halogens is 2. The number of likely N-dealkylation sites (tertiary alicyclic amines) is 1. The Morgan fingerprint density at radius 3 is 2.58 bits per heavy atom. The first-order chi connectivity index (χ1) is 11.2. The molecule has 1 aliphatic carbocycles. The van der Waals surface area contributed by atoms with Gasteiger partial charge in [0, 0.05) is 11.6 Å². The Bertz CT molecular complexity index is 684. The molecule has 24 heavy (non-hydrogen) atoms. The Morgan fingerprint density at radius 1 is 1.25 bits per heavy atom. The minimum atomic E-state index is -0.661. The summed E-state index contributed by atoms with van der Waals surface area (Å²) in [5.74, 6) is -0.0325. The summed E-state index contributed by atoms with van der Waals surface area (Å²) in [6.07, 6.45) is 2.92. The van der Waals surface area contributed by atoms with E-state index in [0.717, 1.165) is 19.3 Å². The molecule has 1 saturated carbocycles. The van der Waals surface area contributed by atoms with Crippen molar-refractivity contribution in [1.82, 2.24) is 10.2 Å². The molecule has 3 rings (SSSR count). The molecule has 1 unspecified atom stereocenters. The van der Waals surface area contributed by atoms with E-state index in [2.05, 4.69) is 5.32 Å². The highest BCUT2D eigenvalue weighted by Crippen LogP contribution is 2.45. The first kappa shape index (κ1) is 17.6. The number of hydrogen-bond acceptors (Lipinski definition) is 2. The Hall–Kier alpha value is -1.26. The Balaban J connectivity index is 1.96. The van der Waals surface area contributed by atoms with Crippen molar-refractivity contribution in [2.75, 3.05) is 0 Å². The first-order valence-electron chi connectivity index (χ1n) is 8.28. The topological polar surface area (TPSA) is 49.4 Å². The zero-order valence-corrected chi connectivity index (χ0v) is 15.6. The largest absolute Gasteiger partial charge is 0.349 e. The maximum atomic E-state index is 12.9. The molecule has 0 radical (unpaired) electrons. The summed E-state index contributed by atoms with van der Waals surface area (Å²) in [7, 11) is 0. The van der Waals surface area contributed by atoms with Crippen LogP contribution in [0.1, 0.15) is 51.6 Å². The summed E-state index contributed by atoms with van der Waals surface area (Å²) < 4.78 is 0. The molecule has 2 aliphatic rings. The van der Waals surface area contributed by atoms with Gasteiger partial charge in [-0.1, -0.05) is 35.7 Å². The highest BCUT2D eigenvalue weighted by molar-refractivity contribution is 6.42. The van der Waals surface area contributed by atoms with Crippen molar-refractivity contribution < 1.29 is 9.59 Å². The molecule has 130 valence electrons. The average Bonchev–Trinajstić information content (AvgIpc) is 2.90. The van der Waals surface area contributed by atoms with Crippen LogP contribution in [0.3, 0.4) is 0 Å². The van der Waals surface area contributed by atoms with Gasteiger partial charge in [-0.3, -0.25) is 9.59 Å². The Labute approximate surface area is 152 Å². The summed E-state index contributed by atoms with van der Waals surface area (Å²) in [4.78, 5) is 27.2. The van der Waals surface area contributed by atoms with Gasteiger partial charge in [-0.2, -0.15) is 0 Å². The van der Waals surface area contributed by atoms with E-state index in [9.17, 15) is 9.59 Å². The van der Waals surface area contributed by atoms with Crippen LogP contribution in [0.5, 0.6) is 0 Å². The number of nitrogens with zero attached hydrogens (tertiary/aromatic N) is 1. The summed E-state index contributed by atoms with van der Waals surface area (Å²) in [5.41, 5.74) is 0.319. The Kier molecular flexibility index (Phi) is 4.56. The van der Waals surface area contributed by atoms with Crippen LogP contribution in [0.4, 0.5) is 0 Å². The molecule has 1 saturated heterocycles. The lowest BCUT2D eigenvalue weighted by Crippen LogP contribution is -2.62. The third kappa shape index (κ3) is 3.14. The van der Waals surface area contributed by atoms with Crippen LogP contribution in [0, 0.1) is 5.92 Å². The summed E-state index contributed by atoms with van der Waals surface area (Å²) >= 11 is 12.1. The van der Waals surface area contributed by atoms with Crippen molar-refractivity contribution >= 4 is 35.0 Å². The fourth-order valence-corrected chi connectivity index (χ4v) is 4.02. The van der Waals surface area contributed by atoms with Gasteiger partial charge < -0.3 is 10.2 Å². The Morgan fingerprint density at radius 2 is 1.96 bits per heavy atom. The molecule has 3 atom stereocenters. The van der Waals surface area contributed by atoms with Crippen LogP contribution in [-0.4, -0.2) is 28.3 Å². The number of rotatable bonds is 3. The third-order valence-corrected chi connectivity index (χ3v) is 5.43. The summed E-state index contributed by atoms with van der Waals surface area (Å²) in [6.45, 7) is 5.77. The third-order valence-electron chi connectivity index (χ3n) is 4.69. The second kappa shape index (κ2) is 6.23. The van der Waals surface area contributed by atoms with Crippen LogP contribution >= 0.6 is 23.2 Å². The van der Waals surface area contributed by atoms with Gasteiger partial charge in [0.2, 0.25) is 11.8 Å². The monoisotopic (exact) mass is 368 g/mol. The van der Waals surface area contributed by atoms with Gasteiger partial charge in [0.05, 0.1) is 16.0 Å². The molecule has 0 bridgehead atoms. The maximum Gasteiger partial charge on any atom is 0.247 e. The molecule has 1 aromatic rings. The summed E-state index contributed by atoms with van der Waals surface area (Å²) in [6, 6.07) is 4.63. The number of fused-ring (bicyclic) bond motifs is 1. The molecule has 1 N–H and O–H groups in total. The van der Waals surface area contributed by atoms with Crippen molar-refractivity contribution in [1.29, 1.82) is 0 Å². The SMILES string of the molecule is CC(C)(C)NC(=O)C(c1ccc(Cl)c(Cl)c1)N1C(=O)[C@@H]2CCC[C@@H]21. The van der Waals surface area contributed by atoms with Crippen molar-refractivity contribution in [3.63, 3.8) is 0 Å². The first-order valence-corrected chi connectivity index (χ1v) is 9.04. The minimum absolute atomic E-state index is 0.0673. The second-order valence-electron chi connectivity index (χ2n) is 7.67. The van der Waals surface area contributed by atoms with E-state index >= 15 is 0 Å². The van der Waals surface area contributed by atoms with Crippen LogP contribution in [0.15, 0.2) is 18.2 Å². The second-order valence-corrected chi connectivity index (χ2v) is 8.48. The van der Waals surface area contributed by atoms with Crippen molar-refractivity contribution in [2.24, 2.45) is 5.92 Å². The van der Waals surface area contributed by atoms with E-state index in [0.29, 0.717) is 15.6 Å². The van der Waals surface area contributed by atoms with Crippen molar-refractivity contribution in [3.05, 3.63) is 33.8 Å². The number of hydrogen-bond donors (Lipinski definition) is 1. The van der Waals surface area contributed by atoms with Gasteiger partial charge in [0.25, 0.3) is 0 Å². The van der Waals surface area contributed by atoms with E-state index in [1.165, 1.54) is 0 Å². The van der Waals surface area contributed by atoms with E-state index in [1.807, 2.05) is 20.8 Å². The lowest BCUT2D eigenvalue weighted by molar-refractivity contribution is -0.163. The minimum Gasteiger partial charge on any atom is -0.349 e. The molecule has 1 aliphatic heterocycles. The lowest BCUT2D eigenvalue weighted by Gasteiger charge is -2.48. The van der Waals surface area contributed by atoms with Crippen molar-refractivity contribution in [3.8, 4) is 0 Å². The van der Waals surface area contributed by atoms with Gasteiger partial charge in [-0.25, -0.2) is 0 Å². The number of amides is 2. The number of carbonyl (C=O) groups excluding carboxylic acids is 2. The standard InChI is InChI=1S/C18H22Cl2N2O2/c1-18(2,3)21-16(23)15(10-7-8-12(19)13(20)9-10)22-14-6-4-5-11(14)17(22)24/h7-9,11,14-15H,4-6H2,1-3H3,(H,21,23)/t11-,14+,15?/m1/s1. The van der Waals surface area contributed by atoms with Gasteiger partial charge in [-0.15, -0.1) is 0 Å². The van der Waals surface area contributed by atoms with Gasteiger partial charge in [-0.05, 0) is 51.3 Å². The van der Waals surface area contributed by atoms with Crippen LogP contribution in [0.25, 0.3) is 0 Å². The molecule has 1 heterocycles. The molecule has 0 spiro atoms. The average molecular weight is 369 g/mol. The highest BCUT2D eigenvalue weighted by atomic mass is 35.5. The van der Waals surface area contributed by atoms with E-state index < -0.39 is 6.04 Å². The molecular formula is C18H22Cl2N2O2. The quantitative estimate of drug-likeness (QED) is 0.820. The normalized spacial score (nSPS) is 24.4. The zero-order valence-electron chi connectivity index (χ0n) is 14.1. The predicted molar refractivity (Wildman–Crippen MR) is 95.1 cm³/mol.